The van der Waals surface area contributed by atoms with E-state index in [1.807, 2.05) is 0 Å². The molecule has 1 aliphatic rings. The molecule has 3 heterocycles. The summed E-state index contributed by atoms with van der Waals surface area (Å²) in [6.45, 7) is 3.27. The van der Waals surface area contributed by atoms with E-state index in [2.05, 4.69) is 30.9 Å². The van der Waals surface area contributed by atoms with Gasteiger partial charge in [0.2, 0.25) is 5.95 Å². The van der Waals surface area contributed by atoms with Gasteiger partial charge in [0.1, 0.15) is 12.7 Å². The molecule has 162 valence electrons. The average molecular weight is 488 g/mol. The van der Waals surface area contributed by atoms with Crippen molar-refractivity contribution in [2.45, 2.75) is 45.3 Å². The Morgan fingerprint density at radius 3 is 2.37 bits per heavy atom. The highest BCUT2D eigenvalue weighted by Gasteiger charge is 2.51. The maximum Gasteiger partial charge on any atom is 0.303 e. The first-order valence-electron chi connectivity index (χ1n) is 8.65. The molecule has 13 nitrogen and oxygen atoms in total. The number of nitrogens with two attached hydrogens (primary N) is 1. The quantitative estimate of drug-likeness (QED) is 0.323. The predicted octanol–water partition coefficient (Wildman–Crippen LogP) is -0.212. The molecule has 0 radical (unpaired) electrons. The van der Waals surface area contributed by atoms with E-state index in [4.69, 9.17) is 24.7 Å². The fourth-order valence-electron chi connectivity index (χ4n) is 3.10. The topological polar surface area (TPSA) is 178 Å². The van der Waals surface area contributed by atoms with E-state index in [0.717, 1.165) is 0 Å². The number of ether oxygens (including phenoxy) is 4. The van der Waals surface area contributed by atoms with Gasteiger partial charge in [-0.3, -0.25) is 28.7 Å². The number of nitrogen functional groups attached to an aromatic ring is 1. The maximum atomic E-state index is 12.2. The zero-order valence-corrected chi connectivity index (χ0v) is 17.7. The molecule has 14 heteroatoms. The molecule has 2 aromatic heterocycles. The monoisotopic (exact) mass is 487 g/mol. The van der Waals surface area contributed by atoms with Gasteiger partial charge in [-0.2, -0.15) is 4.98 Å². The summed E-state index contributed by atoms with van der Waals surface area (Å²) in [5.74, 6) is -2.09. The molecule has 0 bridgehead atoms. The van der Waals surface area contributed by atoms with Crippen LogP contribution in [0.4, 0.5) is 5.95 Å². The number of aromatic nitrogens is 4. The molecule has 30 heavy (non-hydrogen) atoms. The molecular weight excluding hydrogens is 470 g/mol. The molecule has 3 rings (SSSR count). The zero-order valence-electron chi connectivity index (χ0n) is 16.1. The first-order valence-corrected chi connectivity index (χ1v) is 9.44. The fourth-order valence-corrected chi connectivity index (χ4v) is 3.65. The molecule has 1 unspecified atom stereocenters. The molecule has 0 aliphatic carbocycles. The van der Waals surface area contributed by atoms with Crippen LogP contribution in [0.15, 0.2) is 9.53 Å². The molecule has 4 atom stereocenters. The van der Waals surface area contributed by atoms with Crippen molar-refractivity contribution >= 4 is 51.0 Å². The molecule has 0 aromatic carbocycles. The van der Waals surface area contributed by atoms with Gasteiger partial charge in [0, 0.05) is 20.8 Å². The van der Waals surface area contributed by atoms with Crippen molar-refractivity contribution in [1.29, 1.82) is 0 Å². The Bertz CT molecular complexity index is 1070. The summed E-state index contributed by atoms with van der Waals surface area (Å²) in [6.07, 6.45) is -4.38. The number of carbonyl (C=O) groups is 3. The van der Waals surface area contributed by atoms with Crippen LogP contribution in [0.25, 0.3) is 11.2 Å². The first kappa shape index (κ1) is 21.7. The van der Waals surface area contributed by atoms with E-state index < -0.39 is 48.0 Å². The van der Waals surface area contributed by atoms with Gasteiger partial charge in [-0.1, -0.05) is 0 Å². The standard InChI is InChI=1S/C16H18BrN5O8/c1-5(23)27-4-8-10(28-6(2)24)11(29-7(3)25)14(30-8)22-12-9(19-15(22)17)13(26)21-16(18)20-12/h8,10-11,14H,4H2,1-3H3,(H3,18,20,21,26)/t8-,10?,11-,14+/m0/s1. The van der Waals surface area contributed by atoms with Crippen molar-refractivity contribution < 1.29 is 33.3 Å². The average Bonchev–Trinajstić information content (AvgIpc) is 3.10. The number of halogens is 1. The Morgan fingerprint density at radius 2 is 1.77 bits per heavy atom. The summed E-state index contributed by atoms with van der Waals surface area (Å²) in [4.78, 5) is 57.3. The summed E-state index contributed by atoms with van der Waals surface area (Å²) in [5.41, 5.74) is 5.05. The van der Waals surface area contributed by atoms with Gasteiger partial charge in [0.15, 0.2) is 34.3 Å². The number of hydrogen-bond donors (Lipinski definition) is 2. The number of nitrogens with one attached hydrogen (secondary N) is 1. The third-order valence-electron chi connectivity index (χ3n) is 4.12. The molecule has 1 saturated heterocycles. The predicted molar refractivity (Wildman–Crippen MR) is 102 cm³/mol. The highest BCUT2D eigenvalue weighted by molar-refractivity contribution is 9.10. The van der Waals surface area contributed by atoms with Crippen LogP contribution in [0.3, 0.4) is 0 Å². The molecule has 0 spiro atoms. The van der Waals surface area contributed by atoms with Crippen LogP contribution in [0.2, 0.25) is 0 Å². The highest BCUT2D eigenvalue weighted by Crippen LogP contribution is 2.37. The Labute approximate surface area is 177 Å². The van der Waals surface area contributed by atoms with Crippen LogP contribution >= 0.6 is 15.9 Å². The summed E-state index contributed by atoms with van der Waals surface area (Å²) in [6, 6.07) is 0. The van der Waals surface area contributed by atoms with Crippen molar-refractivity contribution in [3.63, 3.8) is 0 Å². The van der Waals surface area contributed by atoms with Gasteiger partial charge >= 0.3 is 17.9 Å². The zero-order chi connectivity index (χ0) is 22.2. The third kappa shape index (κ3) is 4.28. The maximum absolute atomic E-state index is 12.2. The fraction of sp³-hybridized carbons (Fsp3) is 0.500. The summed E-state index contributed by atoms with van der Waals surface area (Å²) >= 11 is 3.23. The molecule has 3 N–H and O–H groups in total. The van der Waals surface area contributed by atoms with Crippen molar-refractivity contribution in [2.24, 2.45) is 0 Å². The van der Waals surface area contributed by atoms with E-state index in [1.54, 1.807) is 0 Å². The van der Waals surface area contributed by atoms with Crippen molar-refractivity contribution in [2.75, 3.05) is 12.3 Å². The lowest BCUT2D eigenvalue weighted by atomic mass is 10.1. The highest BCUT2D eigenvalue weighted by atomic mass is 79.9. The lowest BCUT2D eigenvalue weighted by molar-refractivity contribution is -0.166. The van der Waals surface area contributed by atoms with E-state index in [0.29, 0.717) is 0 Å². The lowest BCUT2D eigenvalue weighted by Crippen LogP contribution is -2.40. The Hall–Kier alpha value is -3.00. The van der Waals surface area contributed by atoms with E-state index >= 15 is 0 Å². The Morgan fingerprint density at radius 1 is 1.13 bits per heavy atom. The van der Waals surface area contributed by atoms with Gasteiger partial charge in [-0.25, -0.2) is 4.98 Å². The number of carbonyl (C=O) groups excluding carboxylic acids is 3. The van der Waals surface area contributed by atoms with Gasteiger partial charge in [-0.15, -0.1) is 0 Å². The molecule has 1 fully saturated rings. The second kappa shape index (κ2) is 8.39. The third-order valence-corrected chi connectivity index (χ3v) is 4.68. The number of rotatable bonds is 5. The minimum absolute atomic E-state index is 0.0417. The van der Waals surface area contributed by atoms with Crippen LogP contribution in [-0.2, 0) is 33.3 Å². The Balaban J connectivity index is 2.11. The van der Waals surface area contributed by atoms with Crippen molar-refractivity contribution in [3.8, 4) is 0 Å². The number of imidazole rings is 1. The smallest absolute Gasteiger partial charge is 0.303 e. The van der Waals surface area contributed by atoms with Crippen molar-refractivity contribution in [3.05, 3.63) is 15.1 Å². The second-order valence-electron chi connectivity index (χ2n) is 6.39. The molecule has 0 saturated carbocycles. The summed E-state index contributed by atoms with van der Waals surface area (Å²) in [5, 5.41) is 0. The summed E-state index contributed by atoms with van der Waals surface area (Å²) in [7, 11) is 0. The van der Waals surface area contributed by atoms with Crippen LogP contribution in [0.1, 0.15) is 27.0 Å². The molecule has 2 aromatic rings. The number of aromatic amines is 1. The van der Waals surface area contributed by atoms with Crippen LogP contribution in [-0.4, -0.2) is 62.3 Å². The van der Waals surface area contributed by atoms with E-state index in [9.17, 15) is 19.2 Å². The number of esters is 3. The second-order valence-corrected chi connectivity index (χ2v) is 7.10. The number of anilines is 1. The normalized spacial score (nSPS) is 23.3. The van der Waals surface area contributed by atoms with E-state index in [1.165, 1.54) is 25.3 Å². The largest absolute Gasteiger partial charge is 0.463 e. The SMILES string of the molecule is CC(=O)OC[C@@H]1O[C@@H](n2c(Br)nc3c(=O)[nH]c(N)nc32)[C@@H](OC(C)=O)C1OC(C)=O. The molecular formula is C16H18BrN5O8. The number of fused-ring (bicyclic) bond motifs is 1. The van der Waals surface area contributed by atoms with Crippen LogP contribution in [0, 0.1) is 0 Å². The number of hydrogen-bond acceptors (Lipinski definition) is 11. The first-order chi connectivity index (χ1) is 14.1. The lowest BCUT2D eigenvalue weighted by Gasteiger charge is -2.24. The Kier molecular flexibility index (Phi) is 6.07. The van der Waals surface area contributed by atoms with E-state index in [-0.39, 0.29) is 28.5 Å². The van der Waals surface area contributed by atoms with Gasteiger partial charge in [0.05, 0.1) is 0 Å². The van der Waals surface area contributed by atoms with Gasteiger partial charge in [0.25, 0.3) is 5.56 Å². The minimum atomic E-state index is -1.16. The number of H-pyrrole nitrogens is 1. The van der Waals surface area contributed by atoms with Crippen LogP contribution in [0.5, 0.6) is 0 Å². The van der Waals surface area contributed by atoms with Gasteiger partial charge < -0.3 is 24.7 Å². The number of nitrogens with zero attached hydrogens (tertiary/aromatic N) is 3. The van der Waals surface area contributed by atoms with Crippen molar-refractivity contribution in [1.82, 2.24) is 19.5 Å². The van der Waals surface area contributed by atoms with Gasteiger partial charge in [-0.05, 0) is 15.9 Å². The molecule has 0 amide bonds. The summed E-state index contributed by atoms with van der Waals surface area (Å²) < 4.78 is 23.0. The van der Waals surface area contributed by atoms with Crippen LogP contribution < -0.4 is 11.3 Å². The minimum Gasteiger partial charge on any atom is -0.463 e. The molecule has 1 aliphatic heterocycles.